The van der Waals surface area contributed by atoms with Gasteiger partial charge in [-0.3, -0.25) is 4.79 Å². The van der Waals surface area contributed by atoms with Crippen molar-refractivity contribution in [2.45, 2.75) is 46.1 Å². The number of aromatic hydroxyl groups is 1. The van der Waals surface area contributed by atoms with Crippen LogP contribution in [-0.4, -0.2) is 15.5 Å². The van der Waals surface area contributed by atoms with Gasteiger partial charge in [0.05, 0.1) is 0 Å². The second kappa shape index (κ2) is 7.14. The second-order valence-corrected chi connectivity index (χ2v) is 6.86. The molecule has 0 aliphatic heterocycles. The number of Topliss-reactive ketones (excluding diaryl/α,β-unsaturated/α-hetero) is 1. The Kier molecular flexibility index (Phi) is 4.93. The summed E-state index contributed by atoms with van der Waals surface area (Å²) in [7, 11) is 0. The lowest BCUT2D eigenvalue weighted by Gasteiger charge is -2.15. The summed E-state index contributed by atoms with van der Waals surface area (Å²) < 4.78 is 2.30. The molecule has 0 radical (unpaired) electrons. The van der Waals surface area contributed by atoms with Crippen LogP contribution in [0.2, 0.25) is 0 Å². The Labute approximate surface area is 148 Å². The van der Waals surface area contributed by atoms with Crippen molar-refractivity contribution in [3.63, 3.8) is 0 Å². The highest BCUT2D eigenvalue weighted by molar-refractivity contribution is 5.92. The molecule has 130 valence electrons. The zero-order valence-corrected chi connectivity index (χ0v) is 15.1. The van der Waals surface area contributed by atoms with Crippen LogP contribution in [0.4, 0.5) is 0 Å². The fraction of sp³-hybridized carbons (Fsp3) is 0.318. The van der Waals surface area contributed by atoms with Crippen LogP contribution < -0.4 is 0 Å². The van der Waals surface area contributed by atoms with E-state index in [2.05, 4.69) is 30.5 Å². The molecule has 1 aromatic heterocycles. The van der Waals surface area contributed by atoms with Crippen LogP contribution in [0.15, 0.2) is 48.5 Å². The van der Waals surface area contributed by atoms with Crippen LogP contribution in [0.1, 0.15) is 49.9 Å². The predicted molar refractivity (Wildman–Crippen MR) is 102 cm³/mol. The van der Waals surface area contributed by atoms with Crippen molar-refractivity contribution in [1.29, 1.82) is 0 Å². The summed E-state index contributed by atoms with van der Waals surface area (Å²) in [6.07, 6.45) is 0.952. The summed E-state index contributed by atoms with van der Waals surface area (Å²) in [4.78, 5) is 12.2. The van der Waals surface area contributed by atoms with Gasteiger partial charge in [0.15, 0.2) is 0 Å². The molecule has 3 rings (SSSR count). The highest BCUT2D eigenvalue weighted by Crippen LogP contribution is 2.34. The molecule has 0 aliphatic rings. The van der Waals surface area contributed by atoms with E-state index in [9.17, 15) is 9.90 Å². The standard InChI is InChI=1S/C22H25NO2/c1-4-17(24)12-20-19-13-18(25)10-11-21(19)23(22(20)15(2)3)14-16-8-6-5-7-9-16/h5-11,13,15,25H,4,12,14H2,1-3H3. The zero-order chi connectivity index (χ0) is 18.0. The average molecular weight is 335 g/mol. The maximum absolute atomic E-state index is 12.2. The zero-order valence-electron chi connectivity index (χ0n) is 15.1. The van der Waals surface area contributed by atoms with Crippen molar-refractivity contribution in [3.05, 3.63) is 65.4 Å². The minimum Gasteiger partial charge on any atom is -0.508 e. The highest BCUT2D eigenvalue weighted by Gasteiger charge is 2.21. The number of rotatable bonds is 6. The van der Waals surface area contributed by atoms with Crippen molar-refractivity contribution in [3.8, 4) is 5.75 Å². The van der Waals surface area contributed by atoms with Gasteiger partial charge in [-0.15, -0.1) is 0 Å². The minimum atomic E-state index is 0.226. The van der Waals surface area contributed by atoms with Gasteiger partial charge in [0, 0.05) is 36.0 Å². The molecule has 0 unspecified atom stereocenters. The number of phenolic OH excluding ortho intramolecular Hbond substituents is 1. The van der Waals surface area contributed by atoms with Crippen molar-refractivity contribution in [2.75, 3.05) is 0 Å². The van der Waals surface area contributed by atoms with Crippen LogP contribution in [0.3, 0.4) is 0 Å². The van der Waals surface area contributed by atoms with E-state index in [-0.39, 0.29) is 17.5 Å². The summed E-state index contributed by atoms with van der Waals surface area (Å²) in [5, 5.41) is 11.0. The third kappa shape index (κ3) is 3.46. The Morgan fingerprint density at radius 3 is 2.48 bits per heavy atom. The number of nitrogens with zero attached hydrogens (tertiary/aromatic N) is 1. The molecular weight excluding hydrogens is 310 g/mol. The molecule has 25 heavy (non-hydrogen) atoms. The van der Waals surface area contributed by atoms with E-state index in [0.29, 0.717) is 12.8 Å². The van der Waals surface area contributed by atoms with Crippen LogP contribution in [-0.2, 0) is 17.8 Å². The van der Waals surface area contributed by atoms with E-state index in [1.165, 1.54) is 11.3 Å². The number of hydrogen-bond acceptors (Lipinski definition) is 2. The van der Waals surface area contributed by atoms with Gasteiger partial charge < -0.3 is 9.67 Å². The van der Waals surface area contributed by atoms with Crippen LogP contribution in [0, 0.1) is 0 Å². The van der Waals surface area contributed by atoms with Gasteiger partial charge >= 0.3 is 0 Å². The molecule has 0 amide bonds. The highest BCUT2D eigenvalue weighted by atomic mass is 16.3. The van der Waals surface area contributed by atoms with Crippen molar-refractivity contribution in [1.82, 2.24) is 4.57 Å². The number of phenols is 1. The SMILES string of the molecule is CCC(=O)Cc1c(C(C)C)n(Cc2ccccc2)c2ccc(O)cc12. The van der Waals surface area contributed by atoms with Crippen LogP contribution in [0.25, 0.3) is 10.9 Å². The summed E-state index contributed by atoms with van der Waals surface area (Å²) >= 11 is 0. The predicted octanol–water partition coefficient (Wildman–Crippen LogP) is 5.04. The smallest absolute Gasteiger partial charge is 0.137 e. The van der Waals surface area contributed by atoms with Gasteiger partial charge in [-0.1, -0.05) is 51.1 Å². The third-order valence-corrected chi connectivity index (χ3v) is 4.69. The Bertz CT molecular complexity index is 891. The van der Waals surface area contributed by atoms with E-state index in [1.54, 1.807) is 12.1 Å². The second-order valence-electron chi connectivity index (χ2n) is 6.86. The quantitative estimate of drug-likeness (QED) is 0.685. The molecule has 0 aliphatic carbocycles. The number of aromatic nitrogens is 1. The van der Waals surface area contributed by atoms with E-state index in [0.717, 1.165) is 23.0 Å². The van der Waals surface area contributed by atoms with E-state index in [1.807, 2.05) is 31.2 Å². The molecule has 0 bridgehead atoms. The number of hydrogen-bond donors (Lipinski definition) is 1. The van der Waals surface area contributed by atoms with E-state index in [4.69, 9.17) is 0 Å². The van der Waals surface area contributed by atoms with Crippen molar-refractivity contribution >= 4 is 16.7 Å². The first-order valence-electron chi connectivity index (χ1n) is 8.90. The van der Waals surface area contributed by atoms with Crippen LogP contribution in [0.5, 0.6) is 5.75 Å². The Balaban J connectivity index is 2.23. The van der Waals surface area contributed by atoms with Gasteiger partial charge in [0.1, 0.15) is 11.5 Å². The summed E-state index contributed by atoms with van der Waals surface area (Å²) in [5.74, 6) is 0.756. The molecule has 3 heteroatoms. The molecular formula is C22H25NO2. The number of carbonyl (C=O) groups is 1. The maximum atomic E-state index is 12.2. The number of benzene rings is 2. The summed E-state index contributed by atoms with van der Waals surface area (Å²) in [6, 6.07) is 15.8. The fourth-order valence-electron chi connectivity index (χ4n) is 3.54. The molecule has 0 saturated heterocycles. The third-order valence-electron chi connectivity index (χ3n) is 4.69. The van der Waals surface area contributed by atoms with E-state index < -0.39 is 0 Å². The molecule has 3 nitrogen and oxygen atoms in total. The Morgan fingerprint density at radius 1 is 1.12 bits per heavy atom. The van der Waals surface area contributed by atoms with Gasteiger partial charge in [0.25, 0.3) is 0 Å². The molecule has 1 heterocycles. The minimum absolute atomic E-state index is 0.226. The first kappa shape index (κ1) is 17.3. The lowest BCUT2D eigenvalue weighted by Crippen LogP contribution is -2.09. The monoisotopic (exact) mass is 335 g/mol. The lowest BCUT2D eigenvalue weighted by atomic mass is 9.98. The molecule has 0 atom stereocenters. The van der Waals surface area contributed by atoms with Crippen molar-refractivity contribution < 1.29 is 9.90 Å². The first-order valence-corrected chi connectivity index (χ1v) is 8.90. The number of fused-ring (bicyclic) bond motifs is 1. The Hall–Kier alpha value is -2.55. The van der Waals surface area contributed by atoms with Crippen molar-refractivity contribution in [2.24, 2.45) is 0 Å². The van der Waals surface area contributed by atoms with E-state index >= 15 is 0 Å². The maximum Gasteiger partial charge on any atom is 0.137 e. The molecule has 0 fully saturated rings. The first-order chi connectivity index (χ1) is 12.0. The molecule has 3 aromatic rings. The molecule has 1 N–H and O–H groups in total. The average Bonchev–Trinajstić information content (AvgIpc) is 2.88. The van der Waals surface area contributed by atoms with Crippen LogP contribution >= 0.6 is 0 Å². The van der Waals surface area contributed by atoms with Gasteiger partial charge in [-0.25, -0.2) is 0 Å². The topological polar surface area (TPSA) is 42.2 Å². The fourth-order valence-corrected chi connectivity index (χ4v) is 3.54. The lowest BCUT2D eigenvalue weighted by molar-refractivity contribution is -0.118. The molecule has 0 spiro atoms. The van der Waals surface area contributed by atoms with Gasteiger partial charge in [-0.05, 0) is 35.2 Å². The normalized spacial score (nSPS) is 11.4. The summed E-state index contributed by atoms with van der Waals surface area (Å²) in [6.45, 7) is 6.99. The van der Waals surface area contributed by atoms with Gasteiger partial charge in [-0.2, -0.15) is 0 Å². The number of ketones is 1. The Morgan fingerprint density at radius 2 is 1.84 bits per heavy atom. The summed E-state index contributed by atoms with van der Waals surface area (Å²) in [5.41, 5.74) is 4.54. The van der Waals surface area contributed by atoms with Gasteiger partial charge in [0.2, 0.25) is 0 Å². The largest absolute Gasteiger partial charge is 0.508 e. The number of carbonyl (C=O) groups excluding carboxylic acids is 1. The molecule has 0 saturated carbocycles. The molecule has 2 aromatic carbocycles.